The van der Waals surface area contributed by atoms with Crippen molar-refractivity contribution in [2.24, 2.45) is 11.8 Å². The normalized spacial score (nSPS) is 8.60. The maximum absolute atomic E-state index is 3.56. The molecule has 0 nitrogen and oxygen atoms in total. The molecular formula is C10H20. The third-order valence-corrected chi connectivity index (χ3v) is 0.744. The van der Waals surface area contributed by atoms with Gasteiger partial charge in [0.05, 0.1) is 0 Å². The standard InChI is InChI=1S/C6H10.C4H10/c1-4-6(3)5-2;1-4(2)3/h4-6H,1-2H2,3H3;4H,1-3H3. The van der Waals surface area contributed by atoms with E-state index in [0.717, 1.165) is 5.92 Å². The van der Waals surface area contributed by atoms with Gasteiger partial charge in [0.1, 0.15) is 0 Å². The molecule has 0 unspecified atom stereocenters. The molecule has 0 saturated heterocycles. The fourth-order valence-corrected chi connectivity index (χ4v) is 0.0962. The average Bonchev–Trinajstić information content (AvgIpc) is 1.85. The number of hydrogen-bond donors (Lipinski definition) is 0. The van der Waals surface area contributed by atoms with Crippen LogP contribution in [0.1, 0.15) is 27.7 Å². The highest BCUT2D eigenvalue weighted by atomic mass is 13.8. The van der Waals surface area contributed by atoms with Crippen molar-refractivity contribution < 1.29 is 0 Å². The summed E-state index contributed by atoms with van der Waals surface area (Å²) in [4.78, 5) is 0. The Morgan fingerprint density at radius 2 is 1.10 bits per heavy atom. The summed E-state index contributed by atoms with van der Waals surface area (Å²) in [6.45, 7) is 15.7. The fourth-order valence-electron chi connectivity index (χ4n) is 0.0962. The summed E-state index contributed by atoms with van der Waals surface area (Å²) < 4.78 is 0. The SMILES string of the molecule is C=CC(C)C=C.CC(C)C. The topological polar surface area (TPSA) is 0 Å². The van der Waals surface area contributed by atoms with Crippen molar-refractivity contribution in [3.05, 3.63) is 25.3 Å². The van der Waals surface area contributed by atoms with Gasteiger partial charge in [-0.15, -0.1) is 13.2 Å². The van der Waals surface area contributed by atoms with Gasteiger partial charge in [-0.25, -0.2) is 0 Å². The van der Waals surface area contributed by atoms with Gasteiger partial charge in [0.15, 0.2) is 0 Å². The van der Waals surface area contributed by atoms with Crippen molar-refractivity contribution >= 4 is 0 Å². The quantitative estimate of drug-likeness (QED) is 0.513. The van der Waals surface area contributed by atoms with E-state index in [4.69, 9.17) is 0 Å². The zero-order valence-electron chi connectivity index (χ0n) is 7.72. The maximum Gasteiger partial charge on any atom is -0.00872 e. The highest BCUT2D eigenvalue weighted by Gasteiger charge is 1.79. The van der Waals surface area contributed by atoms with Crippen LogP contribution in [-0.4, -0.2) is 0 Å². The molecular weight excluding hydrogens is 120 g/mol. The molecule has 0 aromatic heterocycles. The van der Waals surface area contributed by atoms with Gasteiger partial charge in [-0.05, 0) is 11.8 Å². The lowest BCUT2D eigenvalue weighted by Gasteiger charge is -1.88. The molecule has 0 spiro atoms. The van der Waals surface area contributed by atoms with Crippen LogP contribution in [0.2, 0.25) is 0 Å². The minimum Gasteiger partial charge on any atom is -0.103 e. The van der Waals surface area contributed by atoms with Gasteiger partial charge in [-0.1, -0.05) is 39.8 Å². The third kappa shape index (κ3) is 25.9. The summed E-state index contributed by atoms with van der Waals surface area (Å²) in [6.07, 6.45) is 3.71. The van der Waals surface area contributed by atoms with E-state index in [1.807, 2.05) is 19.1 Å². The van der Waals surface area contributed by atoms with Crippen molar-refractivity contribution in [1.29, 1.82) is 0 Å². The first-order valence-electron chi connectivity index (χ1n) is 3.79. The first-order valence-corrected chi connectivity index (χ1v) is 3.79. The largest absolute Gasteiger partial charge is 0.103 e. The molecule has 0 atom stereocenters. The molecule has 0 aliphatic heterocycles. The first-order chi connectivity index (χ1) is 4.54. The van der Waals surface area contributed by atoms with Gasteiger partial charge in [0.25, 0.3) is 0 Å². The van der Waals surface area contributed by atoms with Gasteiger partial charge in [-0.2, -0.15) is 0 Å². The van der Waals surface area contributed by atoms with E-state index < -0.39 is 0 Å². The Morgan fingerprint density at radius 3 is 1.10 bits per heavy atom. The minimum atomic E-state index is 0.463. The summed E-state index contributed by atoms with van der Waals surface area (Å²) in [5, 5.41) is 0. The van der Waals surface area contributed by atoms with E-state index in [2.05, 4.69) is 33.9 Å². The molecule has 0 heterocycles. The van der Waals surface area contributed by atoms with E-state index in [1.54, 1.807) is 0 Å². The van der Waals surface area contributed by atoms with Crippen molar-refractivity contribution in [2.45, 2.75) is 27.7 Å². The summed E-state index contributed by atoms with van der Waals surface area (Å²) in [5.74, 6) is 1.30. The van der Waals surface area contributed by atoms with E-state index in [-0.39, 0.29) is 0 Å². The monoisotopic (exact) mass is 140 g/mol. The van der Waals surface area contributed by atoms with E-state index >= 15 is 0 Å². The molecule has 0 aromatic rings. The van der Waals surface area contributed by atoms with Crippen LogP contribution < -0.4 is 0 Å². The van der Waals surface area contributed by atoms with Crippen LogP contribution in [0.5, 0.6) is 0 Å². The summed E-state index contributed by atoms with van der Waals surface area (Å²) in [6, 6.07) is 0. The fraction of sp³-hybridized carbons (Fsp3) is 0.600. The molecule has 0 aromatic carbocycles. The molecule has 60 valence electrons. The molecule has 0 fully saturated rings. The number of rotatable bonds is 2. The Morgan fingerprint density at radius 1 is 0.900 bits per heavy atom. The second kappa shape index (κ2) is 8.48. The van der Waals surface area contributed by atoms with Crippen LogP contribution in [0.4, 0.5) is 0 Å². The predicted molar refractivity (Wildman–Crippen MR) is 50.1 cm³/mol. The first kappa shape index (κ1) is 12.2. The lowest BCUT2D eigenvalue weighted by atomic mass is 10.2. The molecule has 0 amide bonds. The van der Waals surface area contributed by atoms with Crippen molar-refractivity contribution in [1.82, 2.24) is 0 Å². The third-order valence-electron chi connectivity index (χ3n) is 0.744. The molecule has 0 aliphatic rings. The van der Waals surface area contributed by atoms with Gasteiger partial charge in [0, 0.05) is 0 Å². The molecule has 0 radical (unpaired) electrons. The molecule has 0 aliphatic carbocycles. The van der Waals surface area contributed by atoms with Gasteiger partial charge < -0.3 is 0 Å². The van der Waals surface area contributed by atoms with Crippen molar-refractivity contribution in [3.8, 4) is 0 Å². The van der Waals surface area contributed by atoms with Crippen LogP contribution in [0.3, 0.4) is 0 Å². The van der Waals surface area contributed by atoms with Crippen molar-refractivity contribution in [3.63, 3.8) is 0 Å². The lowest BCUT2D eigenvalue weighted by Crippen LogP contribution is -1.75. The van der Waals surface area contributed by atoms with E-state index in [0.29, 0.717) is 5.92 Å². The van der Waals surface area contributed by atoms with Crippen LogP contribution >= 0.6 is 0 Å². The molecule has 0 heteroatoms. The van der Waals surface area contributed by atoms with Crippen LogP contribution in [0, 0.1) is 11.8 Å². The summed E-state index contributed by atoms with van der Waals surface area (Å²) in [7, 11) is 0. The Balaban J connectivity index is 0. The number of hydrogen-bond acceptors (Lipinski definition) is 0. The summed E-state index contributed by atoms with van der Waals surface area (Å²) >= 11 is 0. The second-order valence-corrected chi connectivity index (χ2v) is 3.06. The molecule has 0 rings (SSSR count). The Hall–Kier alpha value is -0.520. The number of allylic oxidation sites excluding steroid dienone is 2. The van der Waals surface area contributed by atoms with Crippen LogP contribution in [0.15, 0.2) is 25.3 Å². The van der Waals surface area contributed by atoms with E-state index in [1.165, 1.54) is 0 Å². The zero-order valence-corrected chi connectivity index (χ0v) is 7.72. The maximum atomic E-state index is 3.56. The Kier molecular flexibility index (Phi) is 10.3. The molecule has 10 heavy (non-hydrogen) atoms. The molecule has 0 bridgehead atoms. The lowest BCUT2D eigenvalue weighted by molar-refractivity contribution is 0.737. The Labute approximate surface area is 65.7 Å². The highest BCUT2D eigenvalue weighted by molar-refractivity contribution is 4.87. The van der Waals surface area contributed by atoms with Crippen molar-refractivity contribution in [2.75, 3.05) is 0 Å². The smallest absolute Gasteiger partial charge is 0.00872 e. The zero-order chi connectivity index (χ0) is 8.57. The average molecular weight is 140 g/mol. The molecule has 0 N–H and O–H groups in total. The summed E-state index contributed by atoms with van der Waals surface area (Å²) in [5.41, 5.74) is 0. The minimum absolute atomic E-state index is 0.463. The van der Waals surface area contributed by atoms with Gasteiger partial charge in [0.2, 0.25) is 0 Å². The van der Waals surface area contributed by atoms with Gasteiger partial charge in [-0.3, -0.25) is 0 Å². The van der Waals surface area contributed by atoms with Gasteiger partial charge >= 0.3 is 0 Å². The van der Waals surface area contributed by atoms with Crippen LogP contribution in [-0.2, 0) is 0 Å². The predicted octanol–water partition coefficient (Wildman–Crippen LogP) is 3.66. The van der Waals surface area contributed by atoms with Crippen LogP contribution in [0.25, 0.3) is 0 Å². The molecule has 0 saturated carbocycles. The Bertz CT molecular complexity index is 69.3. The second-order valence-electron chi connectivity index (χ2n) is 3.06. The highest BCUT2D eigenvalue weighted by Crippen LogP contribution is 1.92. The van der Waals surface area contributed by atoms with E-state index in [9.17, 15) is 0 Å².